The first-order valence-corrected chi connectivity index (χ1v) is 7.39. The predicted molar refractivity (Wildman–Crippen MR) is 84.2 cm³/mol. The number of nitrogens with zero attached hydrogens (tertiary/aromatic N) is 1. The van der Waals surface area contributed by atoms with Gasteiger partial charge in [0.15, 0.2) is 5.78 Å². The van der Waals surface area contributed by atoms with E-state index in [2.05, 4.69) is 36.9 Å². The number of benzene rings is 1. The third-order valence-electron chi connectivity index (χ3n) is 3.08. The second kappa shape index (κ2) is 5.02. The van der Waals surface area contributed by atoms with Crippen LogP contribution >= 0.6 is 31.9 Å². The Labute approximate surface area is 127 Å². The SMILES string of the molecule is O=C1C(Br)=C(c2ccccc2Br)N=C2C=CC=CC12. The summed E-state index contributed by atoms with van der Waals surface area (Å²) >= 11 is 6.90. The Hall–Kier alpha value is -1.26. The summed E-state index contributed by atoms with van der Waals surface area (Å²) < 4.78 is 1.46. The van der Waals surface area contributed by atoms with E-state index >= 15 is 0 Å². The van der Waals surface area contributed by atoms with Gasteiger partial charge in [-0.25, -0.2) is 0 Å². The molecule has 0 N–H and O–H groups in total. The summed E-state index contributed by atoms with van der Waals surface area (Å²) in [6.07, 6.45) is 7.54. The molecule has 0 saturated carbocycles. The number of allylic oxidation sites excluding steroid dienone is 5. The number of hydrogen-bond donors (Lipinski definition) is 0. The van der Waals surface area contributed by atoms with Gasteiger partial charge in [-0.15, -0.1) is 0 Å². The summed E-state index contributed by atoms with van der Waals surface area (Å²) in [6, 6.07) is 7.75. The molecule has 2 nitrogen and oxygen atoms in total. The van der Waals surface area contributed by atoms with Crippen LogP contribution in [0.1, 0.15) is 5.56 Å². The molecule has 0 fully saturated rings. The second-order valence-corrected chi connectivity index (χ2v) is 5.91. The fourth-order valence-corrected chi connectivity index (χ4v) is 3.14. The van der Waals surface area contributed by atoms with Crippen LogP contribution in [0.25, 0.3) is 5.70 Å². The van der Waals surface area contributed by atoms with E-state index in [1.54, 1.807) is 0 Å². The third-order valence-corrected chi connectivity index (χ3v) is 4.53. The standard InChI is InChI=1S/C15H9Br2NO/c16-11-7-3-1-5-9(11)14-13(17)15(19)10-6-2-4-8-12(10)18-14/h1-8,10H. The number of rotatable bonds is 1. The van der Waals surface area contributed by atoms with Gasteiger partial charge in [0.2, 0.25) is 0 Å². The third kappa shape index (κ3) is 2.19. The zero-order chi connectivity index (χ0) is 13.4. The van der Waals surface area contributed by atoms with Crippen molar-refractivity contribution < 1.29 is 4.79 Å². The summed E-state index contributed by atoms with van der Waals surface area (Å²) in [6.45, 7) is 0. The first-order valence-electron chi connectivity index (χ1n) is 5.81. The van der Waals surface area contributed by atoms with Gasteiger partial charge in [0, 0.05) is 10.0 Å². The summed E-state index contributed by atoms with van der Waals surface area (Å²) in [5, 5.41) is 0. The molecule has 0 spiro atoms. The Kier molecular flexibility index (Phi) is 3.37. The van der Waals surface area contributed by atoms with Crippen LogP contribution in [-0.4, -0.2) is 11.5 Å². The maximum Gasteiger partial charge on any atom is 0.184 e. The van der Waals surface area contributed by atoms with Gasteiger partial charge >= 0.3 is 0 Å². The summed E-state index contributed by atoms with van der Waals surface area (Å²) in [5.41, 5.74) is 2.39. The molecule has 1 aliphatic heterocycles. The van der Waals surface area contributed by atoms with Gasteiger partial charge in [-0.05, 0) is 28.1 Å². The molecule has 1 aliphatic carbocycles. The molecule has 3 rings (SSSR count). The molecule has 0 saturated heterocycles. The fraction of sp³-hybridized carbons (Fsp3) is 0.0667. The Morgan fingerprint density at radius 1 is 1.11 bits per heavy atom. The van der Waals surface area contributed by atoms with Gasteiger partial charge in [-0.3, -0.25) is 9.79 Å². The molecular formula is C15H9Br2NO. The topological polar surface area (TPSA) is 29.4 Å². The highest BCUT2D eigenvalue weighted by atomic mass is 79.9. The Morgan fingerprint density at radius 2 is 1.89 bits per heavy atom. The predicted octanol–water partition coefficient (Wildman–Crippen LogP) is 4.28. The van der Waals surface area contributed by atoms with Crippen LogP contribution in [0.2, 0.25) is 0 Å². The van der Waals surface area contributed by atoms with Crippen LogP contribution < -0.4 is 0 Å². The molecule has 94 valence electrons. The van der Waals surface area contributed by atoms with Gasteiger partial charge in [0.25, 0.3) is 0 Å². The van der Waals surface area contributed by atoms with Crippen molar-refractivity contribution >= 4 is 49.1 Å². The number of halogens is 2. The molecule has 2 aliphatic rings. The quantitative estimate of drug-likeness (QED) is 0.717. The minimum absolute atomic E-state index is 0.0522. The van der Waals surface area contributed by atoms with Crippen LogP contribution in [0.4, 0.5) is 0 Å². The molecule has 1 heterocycles. The fourth-order valence-electron chi connectivity index (χ4n) is 2.12. The molecule has 19 heavy (non-hydrogen) atoms. The maximum absolute atomic E-state index is 12.4. The minimum Gasteiger partial charge on any atom is -0.292 e. The summed E-state index contributed by atoms with van der Waals surface area (Å²) in [5.74, 6) is -0.207. The lowest BCUT2D eigenvalue weighted by Crippen LogP contribution is -2.26. The normalized spacial score (nSPS) is 21.5. The molecule has 1 unspecified atom stereocenters. The van der Waals surface area contributed by atoms with Crippen molar-refractivity contribution in [3.63, 3.8) is 0 Å². The average molecular weight is 379 g/mol. The zero-order valence-electron chi connectivity index (χ0n) is 9.81. The maximum atomic E-state index is 12.4. The van der Waals surface area contributed by atoms with E-state index in [9.17, 15) is 4.79 Å². The number of aliphatic imine (C=N–C) groups is 1. The zero-order valence-corrected chi connectivity index (χ0v) is 13.0. The summed E-state index contributed by atoms with van der Waals surface area (Å²) in [7, 11) is 0. The number of carbonyl (C=O) groups excluding carboxylic acids is 1. The van der Waals surface area contributed by atoms with E-state index in [0.717, 1.165) is 15.7 Å². The Balaban J connectivity index is 2.17. The van der Waals surface area contributed by atoms with Gasteiger partial charge in [-0.2, -0.15) is 0 Å². The molecule has 1 aromatic carbocycles. The molecule has 0 bridgehead atoms. The van der Waals surface area contributed by atoms with E-state index in [4.69, 9.17) is 0 Å². The Bertz CT molecular complexity index is 683. The lowest BCUT2D eigenvalue weighted by molar-refractivity contribution is -0.115. The van der Waals surface area contributed by atoms with Crippen LogP contribution in [0.15, 0.2) is 62.5 Å². The molecular weight excluding hydrogens is 370 g/mol. The lowest BCUT2D eigenvalue weighted by atomic mass is 9.90. The lowest BCUT2D eigenvalue weighted by Gasteiger charge is -2.21. The van der Waals surface area contributed by atoms with Gasteiger partial charge in [-0.1, -0.05) is 52.4 Å². The van der Waals surface area contributed by atoms with Gasteiger partial charge < -0.3 is 0 Å². The smallest absolute Gasteiger partial charge is 0.184 e. The highest BCUT2D eigenvalue weighted by Crippen LogP contribution is 2.36. The van der Waals surface area contributed by atoms with E-state index < -0.39 is 0 Å². The van der Waals surface area contributed by atoms with E-state index in [1.165, 1.54) is 0 Å². The van der Waals surface area contributed by atoms with E-state index in [1.807, 2.05) is 48.6 Å². The minimum atomic E-state index is -0.259. The van der Waals surface area contributed by atoms with Crippen molar-refractivity contribution in [2.45, 2.75) is 0 Å². The average Bonchev–Trinajstić information content (AvgIpc) is 2.44. The molecule has 1 aromatic rings. The van der Waals surface area contributed by atoms with E-state index in [0.29, 0.717) is 10.2 Å². The number of Topliss-reactive ketones (excluding diaryl/α,β-unsaturated/α-hetero) is 1. The molecule has 0 aromatic heterocycles. The molecule has 0 amide bonds. The second-order valence-electron chi connectivity index (χ2n) is 4.27. The summed E-state index contributed by atoms with van der Waals surface area (Å²) in [4.78, 5) is 17.0. The van der Waals surface area contributed by atoms with Gasteiger partial charge in [0.1, 0.15) is 0 Å². The highest BCUT2D eigenvalue weighted by Gasteiger charge is 2.31. The number of carbonyl (C=O) groups is 1. The first kappa shape index (κ1) is 12.8. The van der Waals surface area contributed by atoms with Crippen molar-refractivity contribution in [2.24, 2.45) is 10.9 Å². The van der Waals surface area contributed by atoms with Crippen molar-refractivity contribution in [3.05, 3.63) is 63.1 Å². The first-order chi connectivity index (χ1) is 9.18. The van der Waals surface area contributed by atoms with Crippen LogP contribution in [-0.2, 0) is 4.79 Å². The Morgan fingerprint density at radius 3 is 2.68 bits per heavy atom. The van der Waals surface area contributed by atoms with Crippen LogP contribution in [0.3, 0.4) is 0 Å². The highest BCUT2D eigenvalue weighted by molar-refractivity contribution is 9.12. The van der Waals surface area contributed by atoms with E-state index in [-0.39, 0.29) is 11.7 Å². The molecule has 1 atom stereocenters. The molecule has 0 radical (unpaired) electrons. The number of fused-ring (bicyclic) bond motifs is 1. The van der Waals surface area contributed by atoms with Crippen molar-refractivity contribution in [1.82, 2.24) is 0 Å². The number of ketones is 1. The van der Waals surface area contributed by atoms with Crippen molar-refractivity contribution in [2.75, 3.05) is 0 Å². The van der Waals surface area contributed by atoms with Gasteiger partial charge in [0.05, 0.1) is 21.8 Å². The number of hydrogen-bond acceptors (Lipinski definition) is 2. The van der Waals surface area contributed by atoms with Crippen LogP contribution in [0, 0.1) is 5.92 Å². The van der Waals surface area contributed by atoms with Crippen molar-refractivity contribution in [1.29, 1.82) is 0 Å². The van der Waals surface area contributed by atoms with Crippen LogP contribution in [0.5, 0.6) is 0 Å². The molecule has 4 heteroatoms. The largest absolute Gasteiger partial charge is 0.292 e. The monoisotopic (exact) mass is 377 g/mol. The van der Waals surface area contributed by atoms with Crippen molar-refractivity contribution in [3.8, 4) is 0 Å².